The van der Waals surface area contributed by atoms with Crippen molar-refractivity contribution in [1.29, 1.82) is 0 Å². The Kier molecular flexibility index (Phi) is 5.87. The van der Waals surface area contributed by atoms with Gasteiger partial charge in [0.05, 0.1) is 6.42 Å². The molecule has 0 aliphatic heterocycles. The van der Waals surface area contributed by atoms with Crippen LogP contribution in [0, 0.1) is 0 Å². The fourth-order valence-corrected chi connectivity index (χ4v) is 3.04. The molecule has 8 heteroatoms. The smallest absolute Gasteiger partial charge is 0.455 e. The van der Waals surface area contributed by atoms with E-state index in [1.165, 1.54) is 23.3 Å². The number of benzene rings is 2. The minimum atomic E-state index is -4.78. The molecule has 3 rings (SSSR count). The molecular weight excluding hydrogens is 375 g/mol. The summed E-state index contributed by atoms with van der Waals surface area (Å²) in [6, 6.07) is 10.6. The number of rotatable bonds is 6. The maximum absolute atomic E-state index is 12.1. The van der Waals surface area contributed by atoms with Gasteiger partial charge in [0.1, 0.15) is 5.75 Å². The lowest BCUT2D eigenvalue weighted by Crippen LogP contribution is -2.21. The molecule has 1 aliphatic rings. The van der Waals surface area contributed by atoms with Crippen LogP contribution in [0.1, 0.15) is 23.1 Å². The first kappa shape index (κ1) is 19.7. The van der Waals surface area contributed by atoms with E-state index in [-0.39, 0.29) is 12.1 Å². The molecule has 0 spiro atoms. The summed E-state index contributed by atoms with van der Waals surface area (Å²) < 4.78 is 45.0. The highest BCUT2D eigenvalue weighted by molar-refractivity contribution is 5.92. The minimum absolute atomic E-state index is 0.0735. The molecule has 0 saturated heterocycles. The second-order valence-corrected chi connectivity index (χ2v) is 6.41. The maximum Gasteiger partial charge on any atom is 0.573 e. The normalized spacial score (nSPS) is 13.0. The van der Waals surface area contributed by atoms with Crippen LogP contribution in [-0.2, 0) is 33.6 Å². The predicted octanol–water partition coefficient (Wildman–Crippen LogP) is 3.80. The van der Waals surface area contributed by atoms with Crippen molar-refractivity contribution in [2.24, 2.45) is 0 Å². The minimum Gasteiger partial charge on any atom is -0.455 e. The average Bonchev–Trinajstić information content (AvgIpc) is 3.08. The standard InChI is InChI=1S/C20H18F3NO4/c21-20(22,23)28-17-8-6-16(7-9-17)24-18(25)12-27-19(26)11-13-4-5-14-2-1-3-15(14)10-13/h4-10H,1-3,11-12H2,(H,24,25). The van der Waals surface area contributed by atoms with Crippen molar-refractivity contribution in [2.75, 3.05) is 11.9 Å². The number of hydrogen-bond donors (Lipinski definition) is 1. The predicted molar refractivity (Wildman–Crippen MR) is 94.9 cm³/mol. The monoisotopic (exact) mass is 393 g/mol. The van der Waals surface area contributed by atoms with E-state index in [1.807, 2.05) is 18.2 Å². The molecule has 0 atom stereocenters. The summed E-state index contributed by atoms with van der Waals surface area (Å²) in [4.78, 5) is 23.8. The third-order valence-electron chi connectivity index (χ3n) is 4.25. The number of carbonyl (C=O) groups excluding carboxylic acids is 2. The number of aryl methyl sites for hydroxylation is 2. The molecule has 1 aliphatic carbocycles. The van der Waals surface area contributed by atoms with Crippen LogP contribution in [0.25, 0.3) is 0 Å². The molecule has 0 radical (unpaired) electrons. The van der Waals surface area contributed by atoms with Crippen LogP contribution in [-0.4, -0.2) is 24.8 Å². The second-order valence-electron chi connectivity index (χ2n) is 6.41. The van der Waals surface area contributed by atoms with Gasteiger partial charge in [-0.2, -0.15) is 0 Å². The summed E-state index contributed by atoms with van der Waals surface area (Å²) in [6.07, 6.45) is -1.52. The number of nitrogens with one attached hydrogen (secondary N) is 1. The van der Waals surface area contributed by atoms with Gasteiger partial charge in [-0.05, 0) is 60.2 Å². The largest absolute Gasteiger partial charge is 0.573 e. The summed E-state index contributed by atoms with van der Waals surface area (Å²) >= 11 is 0. The van der Waals surface area contributed by atoms with Gasteiger partial charge in [0, 0.05) is 5.69 Å². The third kappa shape index (κ3) is 5.73. The number of fused-ring (bicyclic) bond motifs is 1. The maximum atomic E-state index is 12.1. The van der Waals surface area contributed by atoms with E-state index in [4.69, 9.17) is 4.74 Å². The topological polar surface area (TPSA) is 64.6 Å². The Hall–Kier alpha value is -3.03. The lowest BCUT2D eigenvalue weighted by Gasteiger charge is -2.10. The first-order valence-electron chi connectivity index (χ1n) is 8.70. The van der Waals surface area contributed by atoms with Crippen LogP contribution < -0.4 is 10.1 Å². The number of esters is 1. The zero-order valence-corrected chi connectivity index (χ0v) is 14.8. The molecule has 0 heterocycles. The quantitative estimate of drug-likeness (QED) is 0.759. The number of hydrogen-bond acceptors (Lipinski definition) is 4. The summed E-state index contributed by atoms with van der Waals surface area (Å²) in [5.41, 5.74) is 3.66. The Morgan fingerprint density at radius 1 is 1.00 bits per heavy atom. The first-order chi connectivity index (χ1) is 13.3. The van der Waals surface area contributed by atoms with Crippen LogP contribution in [0.4, 0.5) is 18.9 Å². The molecule has 0 fully saturated rings. The Balaban J connectivity index is 1.44. The zero-order chi connectivity index (χ0) is 20.1. The summed E-state index contributed by atoms with van der Waals surface area (Å²) in [5, 5.41) is 2.43. The number of carbonyl (C=O) groups is 2. The van der Waals surface area contributed by atoms with Crippen LogP contribution in [0.3, 0.4) is 0 Å². The van der Waals surface area contributed by atoms with Crippen LogP contribution in [0.2, 0.25) is 0 Å². The number of alkyl halides is 3. The summed E-state index contributed by atoms with van der Waals surface area (Å²) in [5.74, 6) is -1.51. The molecule has 1 N–H and O–H groups in total. The third-order valence-corrected chi connectivity index (χ3v) is 4.25. The van der Waals surface area contributed by atoms with Crippen molar-refractivity contribution in [3.63, 3.8) is 0 Å². The zero-order valence-electron chi connectivity index (χ0n) is 14.8. The van der Waals surface area contributed by atoms with Gasteiger partial charge in [0.25, 0.3) is 5.91 Å². The number of amides is 1. The molecule has 28 heavy (non-hydrogen) atoms. The first-order valence-corrected chi connectivity index (χ1v) is 8.70. The van der Waals surface area contributed by atoms with Crippen LogP contribution in [0.15, 0.2) is 42.5 Å². The highest BCUT2D eigenvalue weighted by atomic mass is 19.4. The van der Waals surface area contributed by atoms with Gasteiger partial charge >= 0.3 is 12.3 Å². The highest BCUT2D eigenvalue weighted by Crippen LogP contribution is 2.24. The molecule has 2 aromatic carbocycles. The Bertz CT molecular complexity index is 863. The van der Waals surface area contributed by atoms with Gasteiger partial charge in [-0.1, -0.05) is 18.2 Å². The number of halogens is 3. The van der Waals surface area contributed by atoms with E-state index in [2.05, 4.69) is 10.1 Å². The molecule has 0 saturated carbocycles. The van der Waals surface area contributed by atoms with E-state index in [1.54, 1.807) is 0 Å². The molecule has 0 unspecified atom stereocenters. The molecule has 5 nitrogen and oxygen atoms in total. The number of anilines is 1. The van der Waals surface area contributed by atoms with Gasteiger partial charge in [-0.15, -0.1) is 13.2 Å². The lowest BCUT2D eigenvalue weighted by atomic mass is 10.0. The Morgan fingerprint density at radius 2 is 1.71 bits per heavy atom. The van der Waals surface area contributed by atoms with E-state index in [0.717, 1.165) is 37.0 Å². The molecular formula is C20H18F3NO4. The summed E-state index contributed by atoms with van der Waals surface area (Å²) in [7, 11) is 0. The average molecular weight is 393 g/mol. The van der Waals surface area contributed by atoms with Crippen molar-refractivity contribution >= 4 is 17.6 Å². The molecule has 1 amide bonds. The second kappa shape index (κ2) is 8.33. The molecule has 148 valence electrons. The van der Waals surface area contributed by atoms with Crippen molar-refractivity contribution in [3.8, 4) is 5.75 Å². The van der Waals surface area contributed by atoms with Crippen molar-refractivity contribution in [1.82, 2.24) is 0 Å². The molecule has 2 aromatic rings. The van der Waals surface area contributed by atoms with E-state index < -0.39 is 30.6 Å². The van der Waals surface area contributed by atoms with Crippen LogP contribution >= 0.6 is 0 Å². The van der Waals surface area contributed by atoms with Gasteiger partial charge in [-0.25, -0.2) is 0 Å². The SMILES string of the molecule is O=C(COC(=O)Cc1ccc2c(c1)CCC2)Nc1ccc(OC(F)(F)F)cc1. The van der Waals surface area contributed by atoms with Gasteiger partial charge in [0.2, 0.25) is 0 Å². The lowest BCUT2D eigenvalue weighted by molar-refractivity contribution is -0.274. The van der Waals surface area contributed by atoms with Crippen molar-refractivity contribution in [3.05, 3.63) is 59.2 Å². The molecule has 0 aromatic heterocycles. The fraction of sp³-hybridized carbons (Fsp3) is 0.300. The Labute approximate surface area is 159 Å². The number of ether oxygens (including phenoxy) is 2. The van der Waals surface area contributed by atoms with Gasteiger partial charge in [-0.3, -0.25) is 9.59 Å². The van der Waals surface area contributed by atoms with E-state index in [9.17, 15) is 22.8 Å². The van der Waals surface area contributed by atoms with Gasteiger partial charge in [0.15, 0.2) is 6.61 Å². The van der Waals surface area contributed by atoms with E-state index in [0.29, 0.717) is 0 Å². The Morgan fingerprint density at radius 3 is 2.43 bits per heavy atom. The van der Waals surface area contributed by atoms with Gasteiger partial charge < -0.3 is 14.8 Å². The van der Waals surface area contributed by atoms with Crippen molar-refractivity contribution < 1.29 is 32.2 Å². The highest BCUT2D eigenvalue weighted by Gasteiger charge is 2.30. The summed E-state index contributed by atoms with van der Waals surface area (Å²) in [6.45, 7) is -0.482. The van der Waals surface area contributed by atoms with Crippen molar-refractivity contribution in [2.45, 2.75) is 32.0 Å². The van der Waals surface area contributed by atoms with E-state index >= 15 is 0 Å². The fourth-order valence-electron chi connectivity index (χ4n) is 3.04. The molecule has 0 bridgehead atoms. The van der Waals surface area contributed by atoms with Crippen LogP contribution in [0.5, 0.6) is 5.75 Å².